The lowest BCUT2D eigenvalue weighted by atomic mass is 9.99. The Morgan fingerprint density at radius 2 is 1.10 bits per heavy atom. The molecule has 0 bridgehead atoms. The molecule has 0 unspecified atom stereocenters. The molecule has 50 heavy (non-hydrogen) atoms. The van der Waals surface area contributed by atoms with Crippen molar-refractivity contribution in [3.63, 3.8) is 0 Å². The first-order chi connectivity index (χ1) is 24.8. The average molecular weight is 674 g/mol. The van der Waals surface area contributed by atoms with Crippen LogP contribution in [0.5, 0.6) is 0 Å². The van der Waals surface area contributed by atoms with Gasteiger partial charge in [0.1, 0.15) is 16.0 Å². The predicted molar refractivity (Wildman–Crippen MR) is 212 cm³/mol. The molecule has 4 nitrogen and oxygen atoms in total. The van der Waals surface area contributed by atoms with E-state index in [-0.39, 0.29) is 0 Å². The number of rotatable bonds is 2. The fourth-order valence-electron chi connectivity index (χ4n) is 8.17. The molecule has 0 amide bonds. The fraction of sp³-hybridized carbons (Fsp3) is 0. The summed E-state index contributed by atoms with van der Waals surface area (Å²) in [4.78, 5) is 12.0. The lowest BCUT2D eigenvalue weighted by Crippen LogP contribution is -2.03. The summed E-state index contributed by atoms with van der Waals surface area (Å²) in [5.74, 6) is 0.660. The van der Waals surface area contributed by atoms with Crippen molar-refractivity contribution in [3.05, 3.63) is 140 Å². The number of hydrogen-bond acceptors (Lipinski definition) is 5. The average Bonchev–Trinajstić information content (AvgIpc) is 3.93. The summed E-state index contributed by atoms with van der Waals surface area (Å²) in [6.07, 6.45) is 0. The number of hydrogen-bond donors (Lipinski definition) is 0. The van der Waals surface area contributed by atoms with Gasteiger partial charge in [0.15, 0.2) is 0 Å². The number of fused-ring (bicyclic) bond motifs is 16. The zero-order chi connectivity index (χ0) is 32.5. The van der Waals surface area contributed by atoms with Gasteiger partial charge in [-0.15, -0.1) is 22.7 Å². The van der Waals surface area contributed by atoms with Gasteiger partial charge in [-0.3, -0.25) is 4.57 Å². The molecule has 7 aromatic carbocycles. The van der Waals surface area contributed by atoms with E-state index in [0.29, 0.717) is 5.95 Å². The maximum Gasteiger partial charge on any atom is 0.236 e. The highest BCUT2D eigenvalue weighted by Gasteiger charge is 2.25. The Kier molecular flexibility index (Phi) is 5.23. The molecule has 0 aliphatic rings. The highest BCUT2D eigenvalue weighted by atomic mass is 32.1. The Hall–Kier alpha value is -6.08. The maximum absolute atomic E-state index is 6.62. The van der Waals surface area contributed by atoms with Crippen LogP contribution in [-0.2, 0) is 0 Å². The number of thiophene rings is 2. The largest absolute Gasteiger partial charge is 0.455 e. The van der Waals surface area contributed by atoms with E-state index in [2.05, 4.69) is 132 Å². The number of nitrogens with zero attached hydrogens (tertiary/aromatic N) is 3. The van der Waals surface area contributed by atoms with Crippen LogP contribution in [0.2, 0.25) is 0 Å². The van der Waals surface area contributed by atoms with E-state index in [4.69, 9.17) is 14.4 Å². The molecule has 12 aromatic rings. The number of aromatic nitrogens is 3. The van der Waals surface area contributed by atoms with Gasteiger partial charge in [0.2, 0.25) is 5.95 Å². The number of benzene rings is 7. The lowest BCUT2D eigenvalue weighted by Gasteiger charge is -2.12. The Morgan fingerprint density at radius 1 is 0.480 bits per heavy atom. The van der Waals surface area contributed by atoms with E-state index >= 15 is 0 Å². The van der Waals surface area contributed by atoms with Gasteiger partial charge in [-0.2, -0.15) is 0 Å². The molecule has 0 N–H and O–H groups in total. The van der Waals surface area contributed by atoms with Gasteiger partial charge in [0, 0.05) is 58.1 Å². The van der Waals surface area contributed by atoms with Crippen LogP contribution in [0.1, 0.15) is 0 Å². The van der Waals surface area contributed by atoms with E-state index in [0.717, 1.165) is 59.8 Å². The smallest absolute Gasteiger partial charge is 0.236 e. The number of para-hydroxylation sites is 3. The summed E-state index contributed by atoms with van der Waals surface area (Å²) in [5.41, 5.74) is 5.80. The van der Waals surface area contributed by atoms with Crippen molar-refractivity contribution in [1.29, 1.82) is 0 Å². The SMILES string of the molecule is c1ccc2c(c1)oc1c(-c3nc(-n4c5ccccc5c5c6ccccc6c6c7ccccc7sc6c54)nc4sc5ccccc5c34)cccc12. The summed E-state index contributed by atoms with van der Waals surface area (Å²) in [7, 11) is 0. The van der Waals surface area contributed by atoms with Crippen LogP contribution in [0.25, 0.3) is 112 Å². The first-order valence-corrected chi connectivity index (χ1v) is 18.3. The molecule has 5 heterocycles. The molecular weight excluding hydrogens is 651 g/mol. The zero-order valence-corrected chi connectivity index (χ0v) is 28.0. The van der Waals surface area contributed by atoms with Crippen LogP contribution in [0.15, 0.2) is 144 Å². The molecule has 0 aliphatic carbocycles. The first kappa shape index (κ1) is 26.8. The van der Waals surface area contributed by atoms with Gasteiger partial charge < -0.3 is 4.42 Å². The number of furan rings is 1. The lowest BCUT2D eigenvalue weighted by molar-refractivity contribution is 0.670. The minimum absolute atomic E-state index is 0.660. The van der Waals surface area contributed by atoms with E-state index < -0.39 is 0 Å². The molecule has 0 atom stereocenters. The van der Waals surface area contributed by atoms with Crippen molar-refractivity contribution >= 4 is 118 Å². The summed E-state index contributed by atoms with van der Waals surface area (Å²) in [6.45, 7) is 0. The van der Waals surface area contributed by atoms with Crippen LogP contribution in [-0.4, -0.2) is 14.5 Å². The molecule has 6 heteroatoms. The highest BCUT2D eigenvalue weighted by Crippen LogP contribution is 2.48. The van der Waals surface area contributed by atoms with Gasteiger partial charge >= 0.3 is 0 Å². The molecule has 0 saturated carbocycles. The van der Waals surface area contributed by atoms with Gasteiger partial charge in [-0.05, 0) is 41.1 Å². The first-order valence-electron chi connectivity index (χ1n) is 16.7. The Morgan fingerprint density at radius 3 is 1.92 bits per heavy atom. The third-order valence-electron chi connectivity index (χ3n) is 10.2. The quantitative estimate of drug-likeness (QED) is 0.183. The van der Waals surface area contributed by atoms with Crippen molar-refractivity contribution < 1.29 is 4.42 Å². The van der Waals surface area contributed by atoms with Gasteiger partial charge in [0.05, 0.1) is 21.4 Å². The van der Waals surface area contributed by atoms with Gasteiger partial charge in [-0.1, -0.05) is 109 Å². The second kappa shape index (κ2) is 9.76. The third kappa shape index (κ3) is 3.44. The second-order valence-electron chi connectivity index (χ2n) is 12.9. The van der Waals surface area contributed by atoms with Gasteiger partial charge in [0.25, 0.3) is 0 Å². The van der Waals surface area contributed by atoms with E-state index in [9.17, 15) is 0 Å². The standard InChI is InChI=1S/C44H23N3OS2/c1-2-14-26-25(13-1)36-28-15-3-7-20-32(28)47(40(36)42-37(26)29-16-5-9-22-34(29)49-42)44-45-39(38-30-17-6-10-23-35(30)50-43(38)46-44)31-19-11-18-27-24-12-4-8-21-33(24)48-41(27)31/h1-23H. The topological polar surface area (TPSA) is 43.9 Å². The molecule has 5 aromatic heterocycles. The molecule has 0 radical (unpaired) electrons. The highest BCUT2D eigenvalue weighted by molar-refractivity contribution is 7.27. The predicted octanol–water partition coefficient (Wildman–Crippen LogP) is 13.0. The summed E-state index contributed by atoms with van der Waals surface area (Å²) in [6, 6.07) is 49.6. The van der Waals surface area contributed by atoms with Crippen LogP contribution >= 0.6 is 22.7 Å². The Bertz CT molecular complexity index is 3400. The minimum Gasteiger partial charge on any atom is -0.455 e. The maximum atomic E-state index is 6.62. The van der Waals surface area contributed by atoms with Crippen LogP contribution in [0, 0.1) is 0 Å². The molecular formula is C44H23N3OS2. The van der Waals surface area contributed by atoms with Gasteiger partial charge in [-0.25, -0.2) is 9.97 Å². The van der Waals surface area contributed by atoms with Crippen molar-refractivity contribution in [1.82, 2.24) is 14.5 Å². The van der Waals surface area contributed by atoms with E-state index in [1.54, 1.807) is 11.3 Å². The van der Waals surface area contributed by atoms with Crippen molar-refractivity contribution in [2.75, 3.05) is 0 Å². The van der Waals surface area contributed by atoms with Crippen molar-refractivity contribution in [2.24, 2.45) is 0 Å². The molecule has 0 fully saturated rings. The molecule has 12 rings (SSSR count). The second-order valence-corrected chi connectivity index (χ2v) is 14.9. The minimum atomic E-state index is 0.660. The van der Waals surface area contributed by atoms with E-state index in [1.807, 2.05) is 23.5 Å². The van der Waals surface area contributed by atoms with Crippen LogP contribution < -0.4 is 0 Å². The third-order valence-corrected chi connectivity index (χ3v) is 12.5. The summed E-state index contributed by atoms with van der Waals surface area (Å²) >= 11 is 3.57. The Labute approximate surface area is 292 Å². The zero-order valence-electron chi connectivity index (χ0n) is 26.3. The summed E-state index contributed by atoms with van der Waals surface area (Å²) in [5, 5.41) is 11.9. The summed E-state index contributed by atoms with van der Waals surface area (Å²) < 4.78 is 12.7. The Balaban J connectivity index is 1.30. The normalized spacial score (nSPS) is 12.4. The molecule has 232 valence electrons. The van der Waals surface area contributed by atoms with Crippen LogP contribution in [0.3, 0.4) is 0 Å². The van der Waals surface area contributed by atoms with Crippen LogP contribution in [0.4, 0.5) is 0 Å². The molecule has 0 saturated heterocycles. The molecule has 0 aliphatic heterocycles. The van der Waals surface area contributed by atoms with Crippen molar-refractivity contribution in [2.45, 2.75) is 0 Å². The molecule has 0 spiro atoms. The van der Waals surface area contributed by atoms with Crippen molar-refractivity contribution in [3.8, 4) is 17.2 Å². The monoisotopic (exact) mass is 673 g/mol. The fourth-order valence-corrected chi connectivity index (χ4v) is 10.5. The van der Waals surface area contributed by atoms with E-state index in [1.165, 1.54) is 46.4 Å².